The highest BCUT2D eigenvalue weighted by molar-refractivity contribution is 6.20. The van der Waals surface area contributed by atoms with E-state index >= 15 is 0 Å². The van der Waals surface area contributed by atoms with Gasteiger partial charge in [0.25, 0.3) is 0 Å². The monoisotopic (exact) mass is 293 g/mol. The van der Waals surface area contributed by atoms with Crippen LogP contribution in [0, 0.1) is 5.82 Å². The summed E-state index contributed by atoms with van der Waals surface area (Å²) in [6.45, 7) is 1.65. The summed E-state index contributed by atoms with van der Waals surface area (Å²) in [7, 11) is 0. The van der Waals surface area contributed by atoms with E-state index in [1.807, 2.05) is 0 Å². The van der Waals surface area contributed by atoms with Gasteiger partial charge in [-0.2, -0.15) is 13.2 Å². The van der Waals surface area contributed by atoms with Crippen molar-refractivity contribution in [3.05, 3.63) is 41.5 Å². The van der Waals surface area contributed by atoms with E-state index in [9.17, 15) is 17.6 Å². The fourth-order valence-electron chi connectivity index (χ4n) is 1.46. The second kappa shape index (κ2) is 4.80. The molecule has 1 atom stereocenters. The predicted octanol–water partition coefficient (Wildman–Crippen LogP) is 3.73. The third-order valence-electron chi connectivity index (χ3n) is 2.44. The zero-order chi connectivity index (χ0) is 14.2. The Morgan fingerprint density at radius 2 is 2.00 bits per heavy atom. The molecule has 0 aliphatic heterocycles. The van der Waals surface area contributed by atoms with Gasteiger partial charge in [0.2, 0.25) is 0 Å². The maximum Gasteiger partial charge on any atom is 0.419 e. The van der Waals surface area contributed by atoms with Crippen LogP contribution in [0.15, 0.2) is 24.4 Å². The normalized spacial score (nSPS) is 13.6. The molecule has 1 unspecified atom stereocenters. The van der Waals surface area contributed by atoms with Crippen LogP contribution in [-0.2, 0) is 6.18 Å². The van der Waals surface area contributed by atoms with E-state index in [-0.39, 0.29) is 5.69 Å². The van der Waals surface area contributed by atoms with Gasteiger partial charge in [0.15, 0.2) is 0 Å². The summed E-state index contributed by atoms with van der Waals surface area (Å²) in [6, 6.07) is 2.60. The van der Waals surface area contributed by atoms with Crippen LogP contribution in [-0.4, -0.2) is 15.0 Å². The van der Waals surface area contributed by atoms with Crippen LogP contribution in [0.2, 0.25) is 0 Å². The van der Waals surface area contributed by atoms with Crippen LogP contribution < -0.4 is 0 Å². The second-order valence-corrected chi connectivity index (χ2v) is 4.52. The van der Waals surface area contributed by atoms with Crippen molar-refractivity contribution in [3.63, 3.8) is 0 Å². The Morgan fingerprint density at radius 3 is 2.53 bits per heavy atom. The molecule has 0 fully saturated rings. The van der Waals surface area contributed by atoms with Crippen molar-refractivity contribution in [1.82, 2.24) is 15.0 Å². The summed E-state index contributed by atoms with van der Waals surface area (Å²) in [5.41, 5.74) is -0.870. The molecular weight excluding hydrogens is 286 g/mol. The summed E-state index contributed by atoms with van der Waals surface area (Å²) in [5, 5.41) is 6.95. The molecule has 0 saturated carbocycles. The van der Waals surface area contributed by atoms with Gasteiger partial charge in [0.1, 0.15) is 11.5 Å². The van der Waals surface area contributed by atoms with Gasteiger partial charge >= 0.3 is 6.18 Å². The summed E-state index contributed by atoms with van der Waals surface area (Å²) in [4.78, 5) is 0. The van der Waals surface area contributed by atoms with Crippen molar-refractivity contribution in [3.8, 4) is 5.69 Å². The number of hydrogen-bond acceptors (Lipinski definition) is 2. The lowest BCUT2D eigenvalue weighted by atomic mass is 10.2. The zero-order valence-electron chi connectivity index (χ0n) is 9.62. The van der Waals surface area contributed by atoms with Crippen LogP contribution in [0.5, 0.6) is 0 Å². The molecule has 8 heteroatoms. The fourth-order valence-corrected chi connectivity index (χ4v) is 1.56. The van der Waals surface area contributed by atoms with Gasteiger partial charge in [-0.05, 0) is 25.1 Å². The van der Waals surface area contributed by atoms with Gasteiger partial charge < -0.3 is 0 Å². The first-order valence-corrected chi connectivity index (χ1v) is 5.66. The largest absolute Gasteiger partial charge is 0.419 e. The quantitative estimate of drug-likeness (QED) is 0.624. The molecule has 0 spiro atoms. The van der Waals surface area contributed by atoms with Crippen molar-refractivity contribution < 1.29 is 17.6 Å². The molecule has 0 N–H and O–H groups in total. The molecule has 0 aliphatic carbocycles. The van der Waals surface area contributed by atoms with E-state index in [2.05, 4.69) is 10.3 Å². The van der Waals surface area contributed by atoms with E-state index in [1.54, 1.807) is 6.92 Å². The van der Waals surface area contributed by atoms with Gasteiger partial charge in [-0.1, -0.05) is 5.21 Å². The number of hydrogen-bond donors (Lipinski definition) is 0. The Balaban J connectivity index is 2.45. The molecule has 19 heavy (non-hydrogen) atoms. The number of aromatic nitrogens is 3. The molecule has 2 aromatic rings. The molecule has 1 aromatic heterocycles. The summed E-state index contributed by atoms with van der Waals surface area (Å²) >= 11 is 5.78. The van der Waals surface area contributed by atoms with Crippen LogP contribution >= 0.6 is 11.6 Å². The minimum absolute atomic E-state index is 0.0600. The lowest BCUT2D eigenvalue weighted by molar-refractivity contribution is -0.140. The smallest absolute Gasteiger partial charge is 0.220 e. The number of alkyl halides is 4. The van der Waals surface area contributed by atoms with Crippen LogP contribution in [0.3, 0.4) is 0 Å². The van der Waals surface area contributed by atoms with Gasteiger partial charge in [-0.3, -0.25) is 0 Å². The van der Waals surface area contributed by atoms with E-state index in [0.29, 0.717) is 11.8 Å². The summed E-state index contributed by atoms with van der Waals surface area (Å²) in [6.07, 6.45) is -3.37. The minimum Gasteiger partial charge on any atom is -0.220 e. The Hall–Kier alpha value is -1.63. The van der Waals surface area contributed by atoms with Gasteiger partial charge in [0, 0.05) is 0 Å². The SMILES string of the molecule is CC(Cl)c1cn(-c2ccc(F)c(C(F)(F)F)c2)nn1. The van der Waals surface area contributed by atoms with Gasteiger partial charge in [0.05, 0.1) is 22.8 Å². The highest BCUT2D eigenvalue weighted by atomic mass is 35.5. The Kier molecular flexibility index (Phi) is 3.49. The first-order chi connectivity index (χ1) is 8.79. The highest BCUT2D eigenvalue weighted by Crippen LogP contribution is 2.32. The molecule has 3 nitrogen and oxygen atoms in total. The number of nitrogens with zero attached hydrogens (tertiary/aromatic N) is 3. The molecule has 0 saturated heterocycles. The molecule has 1 aromatic carbocycles. The van der Waals surface area contributed by atoms with E-state index in [1.165, 1.54) is 12.3 Å². The maximum absolute atomic E-state index is 13.1. The minimum atomic E-state index is -4.76. The fraction of sp³-hybridized carbons (Fsp3) is 0.273. The van der Waals surface area contributed by atoms with E-state index < -0.39 is 22.9 Å². The molecule has 102 valence electrons. The van der Waals surface area contributed by atoms with E-state index in [0.717, 1.165) is 10.7 Å². The molecule has 1 heterocycles. The number of halogens is 5. The van der Waals surface area contributed by atoms with Crippen molar-refractivity contribution >= 4 is 11.6 Å². The second-order valence-electron chi connectivity index (χ2n) is 3.87. The molecule has 0 bridgehead atoms. The topological polar surface area (TPSA) is 30.7 Å². The molecule has 2 rings (SSSR count). The predicted molar refractivity (Wildman–Crippen MR) is 60.6 cm³/mol. The van der Waals surface area contributed by atoms with E-state index in [4.69, 9.17) is 11.6 Å². The van der Waals surface area contributed by atoms with Crippen molar-refractivity contribution in [2.24, 2.45) is 0 Å². The molecule has 0 radical (unpaired) electrons. The van der Waals surface area contributed by atoms with Crippen LogP contribution in [0.4, 0.5) is 17.6 Å². The molecule has 0 aliphatic rings. The first kappa shape index (κ1) is 13.8. The third kappa shape index (κ3) is 2.86. The van der Waals surface area contributed by atoms with Crippen LogP contribution in [0.1, 0.15) is 23.6 Å². The zero-order valence-corrected chi connectivity index (χ0v) is 10.4. The number of benzene rings is 1. The Labute approximate surface area is 110 Å². The summed E-state index contributed by atoms with van der Waals surface area (Å²) < 4.78 is 52.0. The average molecular weight is 294 g/mol. The lowest BCUT2D eigenvalue weighted by Gasteiger charge is -2.09. The maximum atomic E-state index is 13.1. The number of rotatable bonds is 2. The standard InChI is InChI=1S/C11H8ClF4N3/c1-6(12)10-5-19(18-17-10)7-2-3-9(13)8(4-7)11(14,15)16/h2-6H,1H3. The third-order valence-corrected chi connectivity index (χ3v) is 2.66. The van der Waals surface area contributed by atoms with Crippen LogP contribution in [0.25, 0.3) is 5.69 Å². The first-order valence-electron chi connectivity index (χ1n) is 5.22. The summed E-state index contributed by atoms with van der Waals surface area (Å²) in [5.74, 6) is -1.33. The van der Waals surface area contributed by atoms with Crippen molar-refractivity contribution in [2.75, 3.05) is 0 Å². The van der Waals surface area contributed by atoms with Gasteiger partial charge in [-0.25, -0.2) is 9.07 Å². The Bertz CT molecular complexity index is 592. The van der Waals surface area contributed by atoms with Crippen molar-refractivity contribution in [1.29, 1.82) is 0 Å². The van der Waals surface area contributed by atoms with Gasteiger partial charge in [-0.15, -0.1) is 16.7 Å². The Morgan fingerprint density at radius 1 is 1.32 bits per heavy atom. The lowest BCUT2D eigenvalue weighted by Crippen LogP contribution is -2.09. The molecular formula is C11H8ClF4N3. The van der Waals surface area contributed by atoms with Crippen molar-refractivity contribution in [2.45, 2.75) is 18.5 Å². The highest BCUT2D eigenvalue weighted by Gasteiger charge is 2.34. The average Bonchev–Trinajstić information content (AvgIpc) is 2.77. The molecule has 0 amide bonds.